The third-order valence-corrected chi connectivity index (χ3v) is 18.4. The zero-order valence-corrected chi connectivity index (χ0v) is 60.9. The number of hydrogen-bond donors (Lipinski definition) is 6. The number of esters is 1. The summed E-state index contributed by atoms with van der Waals surface area (Å²) in [7, 11) is 0. The first-order valence-electron chi connectivity index (χ1n) is 39.9. The minimum Gasteiger partial charge on any atom is -0.466 e. The molecule has 0 spiro atoms. The van der Waals surface area contributed by atoms with Crippen molar-refractivity contribution in [1.82, 2.24) is 5.32 Å². The van der Waals surface area contributed by atoms with Crippen molar-refractivity contribution < 1.29 is 49.3 Å². The molecule has 11 nitrogen and oxygen atoms in total. The summed E-state index contributed by atoms with van der Waals surface area (Å²) in [4.78, 5) is 25.1. The normalized spacial score (nSPS) is 17.9. The largest absolute Gasteiger partial charge is 0.466 e. The highest BCUT2D eigenvalue weighted by atomic mass is 16.7. The number of allylic oxidation sites excluding steroid dienone is 13. The van der Waals surface area contributed by atoms with Crippen molar-refractivity contribution in [1.29, 1.82) is 0 Å². The number of nitrogens with one attached hydrogen (secondary N) is 1. The van der Waals surface area contributed by atoms with E-state index in [1.165, 1.54) is 257 Å². The van der Waals surface area contributed by atoms with E-state index >= 15 is 0 Å². The Morgan fingerprint density at radius 3 is 1.15 bits per heavy atom. The minimum atomic E-state index is -1.58. The van der Waals surface area contributed by atoms with E-state index in [1.54, 1.807) is 6.08 Å². The summed E-state index contributed by atoms with van der Waals surface area (Å²) in [5, 5.41) is 54.5. The number of ether oxygens (including phenoxy) is 3. The van der Waals surface area contributed by atoms with E-state index in [9.17, 15) is 35.1 Å². The van der Waals surface area contributed by atoms with E-state index in [4.69, 9.17) is 14.2 Å². The number of aliphatic hydroxyl groups is 5. The highest BCUT2D eigenvalue weighted by molar-refractivity contribution is 5.76. The molecule has 0 aromatic heterocycles. The third kappa shape index (κ3) is 58.9. The maximum Gasteiger partial charge on any atom is 0.305 e. The molecule has 7 unspecified atom stereocenters. The standard InChI is InChI=1S/C83H149NO10/c1-3-5-7-9-11-13-15-17-47-51-55-59-63-67-71-79(88)92-72-68-64-60-56-52-48-44-42-40-38-36-34-32-30-28-26-24-22-20-18-19-21-23-25-27-29-31-33-35-37-39-41-43-46-50-54-58-62-66-70-78(87)84-75(74-93-83-82(91)81(90)80(89)77(73-85)94-83)76(86)69-65-61-57-53-49-45-16-14-12-10-8-6-4-2/h9,11-12,14-15,17-19,22,24,49,53,65,69,75-77,80-83,85-86,89-91H,3-8,10,13,16,20-21,23,25-48,50-52,54-64,66-68,70-74H2,1-2H3,(H,84,87)/b11-9-,14-12+,17-15-,19-18-,24-22-,53-49+,69-65+. The molecule has 1 fully saturated rings. The highest BCUT2D eigenvalue weighted by Gasteiger charge is 2.44. The van der Waals surface area contributed by atoms with Crippen LogP contribution in [0.25, 0.3) is 0 Å². The Hall–Kier alpha value is -3.16. The molecule has 1 rings (SSSR count). The molecule has 94 heavy (non-hydrogen) atoms. The van der Waals surface area contributed by atoms with Gasteiger partial charge in [-0.15, -0.1) is 0 Å². The maximum atomic E-state index is 13.1. The molecule has 1 aliphatic heterocycles. The average molecular weight is 1320 g/mol. The number of rotatable bonds is 70. The van der Waals surface area contributed by atoms with Crippen LogP contribution in [0.1, 0.15) is 367 Å². The summed E-state index contributed by atoms with van der Waals surface area (Å²) in [6.45, 7) is 4.28. The highest BCUT2D eigenvalue weighted by Crippen LogP contribution is 2.23. The van der Waals surface area contributed by atoms with Crippen LogP contribution < -0.4 is 5.32 Å². The molecule has 6 N–H and O–H groups in total. The second-order valence-corrected chi connectivity index (χ2v) is 27.4. The Bertz CT molecular complexity index is 1840. The fraction of sp³-hybridized carbons (Fsp3) is 0.807. The topological polar surface area (TPSA) is 175 Å². The van der Waals surface area contributed by atoms with Gasteiger partial charge in [-0.3, -0.25) is 9.59 Å². The zero-order chi connectivity index (χ0) is 67.9. The van der Waals surface area contributed by atoms with E-state index in [1.807, 2.05) is 6.08 Å². The summed E-state index contributed by atoms with van der Waals surface area (Å²) in [5.74, 6) is -0.194. The van der Waals surface area contributed by atoms with Crippen LogP contribution in [-0.2, 0) is 23.8 Å². The lowest BCUT2D eigenvalue weighted by atomic mass is 9.99. The number of amides is 1. The fourth-order valence-electron chi connectivity index (χ4n) is 12.2. The molecule has 546 valence electrons. The quantitative estimate of drug-likeness (QED) is 0.0195. The Kier molecular flexibility index (Phi) is 67.2. The Labute approximate surface area is 578 Å². The first kappa shape index (κ1) is 88.9. The zero-order valence-electron chi connectivity index (χ0n) is 60.9. The van der Waals surface area contributed by atoms with Crippen LogP contribution in [0.3, 0.4) is 0 Å². The van der Waals surface area contributed by atoms with Gasteiger partial charge in [-0.2, -0.15) is 0 Å². The van der Waals surface area contributed by atoms with Crippen LogP contribution in [0.15, 0.2) is 85.1 Å². The predicted molar refractivity (Wildman–Crippen MR) is 398 cm³/mol. The molecule has 7 atom stereocenters. The lowest BCUT2D eigenvalue weighted by Crippen LogP contribution is -2.60. The molecule has 0 saturated carbocycles. The van der Waals surface area contributed by atoms with Crippen LogP contribution in [0.4, 0.5) is 0 Å². The van der Waals surface area contributed by atoms with Gasteiger partial charge in [0, 0.05) is 12.8 Å². The van der Waals surface area contributed by atoms with Crippen molar-refractivity contribution in [3.05, 3.63) is 85.1 Å². The summed E-state index contributed by atoms with van der Waals surface area (Å²) in [6.07, 6.45) is 89.0. The monoisotopic (exact) mass is 1320 g/mol. The van der Waals surface area contributed by atoms with E-state index in [0.717, 1.165) is 83.5 Å². The number of carbonyl (C=O) groups is 2. The summed E-state index contributed by atoms with van der Waals surface area (Å²) in [5.41, 5.74) is 0. The second-order valence-electron chi connectivity index (χ2n) is 27.4. The van der Waals surface area contributed by atoms with Gasteiger partial charge in [0.1, 0.15) is 24.4 Å². The third-order valence-electron chi connectivity index (χ3n) is 18.4. The van der Waals surface area contributed by atoms with Crippen molar-refractivity contribution in [3.63, 3.8) is 0 Å². The van der Waals surface area contributed by atoms with E-state index in [2.05, 4.69) is 92.1 Å². The molecule has 1 saturated heterocycles. The number of aliphatic hydroxyl groups excluding tert-OH is 5. The van der Waals surface area contributed by atoms with Gasteiger partial charge < -0.3 is 45.1 Å². The lowest BCUT2D eigenvalue weighted by molar-refractivity contribution is -0.302. The molecule has 11 heteroatoms. The summed E-state index contributed by atoms with van der Waals surface area (Å²) >= 11 is 0. The number of unbranched alkanes of at least 4 members (excludes halogenated alkanes) is 44. The molecule has 0 aromatic carbocycles. The first-order chi connectivity index (χ1) is 46.2. The van der Waals surface area contributed by atoms with Crippen LogP contribution in [0.5, 0.6) is 0 Å². The lowest BCUT2D eigenvalue weighted by Gasteiger charge is -2.40. The van der Waals surface area contributed by atoms with Crippen molar-refractivity contribution in [2.24, 2.45) is 0 Å². The molecule has 0 aromatic rings. The van der Waals surface area contributed by atoms with Crippen molar-refractivity contribution >= 4 is 11.9 Å². The number of hydrogen-bond acceptors (Lipinski definition) is 10. The summed E-state index contributed by atoms with van der Waals surface area (Å²) in [6, 6.07) is -0.834. The molecule has 0 radical (unpaired) electrons. The van der Waals surface area contributed by atoms with Gasteiger partial charge in [0.2, 0.25) is 5.91 Å². The van der Waals surface area contributed by atoms with Crippen LogP contribution >= 0.6 is 0 Å². The Balaban J connectivity index is 1.91. The van der Waals surface area contributed by atoms with Crippen molar-refractivity contribution in [2.45, 2.75) is 410 Å². The van der Waals surface area contributed by atoms with E-state index in [0.29, 0.717) is 19.4 Å². The van der Waals surface area contributed by atoms with Gasteiger partial charge >= 0.3 is 5.97 Å². The molecule has 1 aliphatic rings. The smallest absolute Gasteiger partial charge is 0.305 e. The van der Waals surface area contributed by atoms with Crippen molar-refractivity contribution in [2.75, 3.05) is 19.8 Å². The van der Waals surface area contributed by atoms with Gasteiger partial charge in [-0.25, -0.2) is 0 Å². The molecular weight excluding hydrogens is 1170 g/mol. The van der Waals surface area contributed by atoms with Crippen LogP contribution in [-0.4, -0.2) is 100 Å². The van der Waals surface area contributed by atoms with Crippen LogP contribution in [0, 0.1) is 0 Å². The Morgan fingerprint density at radius 1 is 0.394 bits per heavy atom. The maximum absolute atomic E-state index is 13.1. The minimum absolute atomic E-state index is 0.000673. The van der Waals surface area contributed by atoms with Gasteiger partial charge in [0.15, 0.2) is 6.29 Å². The van der Waals surface area contributed by atoms with Crippen LogP contribution in [0.2, 0.25) is 0 Å². The van der Waals surface area contributed by atoms with E-state index in [-0.39, 0.29) is 18.5 Å². The molecule has 0 aliphatic carbocycles. The SMILES string of the molecule is CCCC/C=C\C/C=C\CCCCCCCC(=O)OCCCCCCCCCCCCCCCCC/C=C\C/C=C\CCCCCCCCCCCCCCCCCCCC(=O)NC(COC1OC(CO)C(O)C(O)C1O)C(O)/C=C/CC/C=C/CC/C=C/CCCCC. The average Bonchev–Trinajstić information content (AvgIpc) is 0.901. The number of carbonyl (C=O) groups excluding carboxylic acids is 2. The summed E-state index contributed by atoms with van der Waals surface area (Å²) < 4.78 is 16.7. The van der Waals surface area contributed by atoms with Gasteiger partial charge in [-0.1, -0.05) is 324 Å². The van der Waals surface area contributed by atoms with E-state index < -0.39 is 49.5 Å². The predicted octanol–water partition coefficient (Wildman–Crippen LogP) is 21.6. The van der Waals surface area contributed by atoms with Crippen molar-refractivity contribution in [3.8, 4) is 0 Å². The van der Waals surface area contributed by atoms with Gasteiger partial charge in [-0.05, 0) is 116 Å². The fourth-order valence-corrected chi connectivity index (χ4v) is 12.2. The first-order valence-corrected chi connectivity index (χ1v) is 39.9. The van der Waals surface area contributed by atoms with Gasteiger partial charge in [0.25, 0.3) is 0 Å². The molecular formula is C83H149NO10. The molecule has 0 bridgehead atoms. The molecule has 1 heterocycles. The Morgan fingerprint density at radius 2 is 0.734 bits per heavy atom. The van der Waals surface area contributed by atoms with Gasteiger partial charge in [0.05, 0.1) is 32.0 Å². The molecule has 1 amide bonds. The second kappa shape index (κ2) is 71.1.